The van der Waals surface area contributed by atoms with Gasteiger partial charge >= 0.3 is 0 Å². The molecule has 0 aromatic heterocycles. The number of carbonyl (C=O) groups is 1. The lowest BCUT2D eigenvalue weighted by Crippen LogP contribution is -2.35. The van der Waals surface area contributed by atoms with Crippen molar-refractivity contribution in [1.82, 2.24) is 4.90 Å². The molecule has 1 amide bonds. The number of nitrogens with zero attached hydrogens (tertiary/aromatic N) is 1. The van der Waals surface area contributed by atoms with Gasteiger partial charge < -0.3 is 9.64 Å². The molecule has 3 heteroatoms. The Bertz CT molecular complexity index is 484. The SMILES string of the molecule is CCOc1ccccc1C=C1CCN(C(=O)CC)CC1. The highest BCUT2D eigenvalue weighted by atomic mass is 16.5. The molecule has 1 aliphatic heterocycles. The van der Waals surface area contributed by atoms with E-state index in [2.05, 4.69) is 12.1 Å². The van der Waals surface area contributed by atoms with Gasteiger partial charge in [-0.2, -0.15) is 0 Å². The monoisotopic (exact) mass is 273 g/mol. The van der Waals surface area contributed by atoms with Crippen LogP contribution in [0, 0.1) is 0 Å². The molecule has 1 aliphatic rings. The van der Waals surface area contributed by atoms with Crippen molar-refractivity contribution in [3.05, 3.63) is 35.4 Å². The van der Waals surface area contributed by atoms with Crippen LogP contribution in [0.2, 0.25) is 0 Å². The van der Waals surface area contributed by atoms with Gasteiger partial charge in [-0.05, 0) is 25.8 Å². The van der Waals surface area contributed by atoms with E-state index >= 15 is 0 Å². The van der Waals surface area contributed by atoms with Crippen molar-refractivity contribution in [2.75, 3.05) is 19.7 Å². The second kappa shape index (κ2) is 7.13. The lowest BCUT2D eigenvalue weighted by atomic mass is 10.0. The largest absolute Gasteiger partial charge is 0.493 e. The van der Waals surface area contributed by atoms with Crippen LogP contribution in [0.15, 0.2) is 29.8 Å². The fourth-order valence-electron chi connectivity index (χ4n) is 2.52. The summed E-state index contributed by atoms with van der Waals surface area (Å²) in [7, 11) is 0. The van der Waals surface area contributed by atoms with Crippen LogP contribution >= 0.6 is 0 Å². The lowest BCUT2D eigenvalue weighted by molar-refractivity contribution is -0.131. The third kappa shape index (κ3) is 3.62. The molecule has 1 heterocycles. The van der Waals surface area contributed by atoms with Gasteiger partial charge in [0, 0.05) is 25.1 Å². The van der Waals surface area contributed by atoms with Gasteiger partial charge in [-0.25, -0.2) is 0 Å². The Kier molecular flexibility index (Phi) is 5.22. The van der Waals surface area contributed by atoms with Gasteiger partial charge in [-0.15, -0.1) is 0 Å². The van der Waals surface area contributed by atoms with Gasteiger partial charge in [-0.3, -0.25) is 4.79 Å². The molecule has 20 heavy (non-hydrogen) atoms. The highest BCUT2D eigenvalue weighted by molar-refractivity contribution is 5.76. The Morgan fingerprint density at radius 1 is 1.25 bits per heavy atom. The number of para-hydroxylation sites is 1. The molecule has 1 saturated heterocycles. The van der Waals surface area contributed by atoms with E-state index in [1.54, 1.807) is 0 Å². The van der Waals surface area contributed by atoms with E-state index in [0.29, 0.717) is 13.0 Å². The Hall–Kier alpha value is -1.77. The predicted octanol–water partition coefficient (Wildman–Crippen LogP) is 3.50. The average molecular weight is 273 g/mol. The van der Waals surface area contributed by atoms with Gasteiger partial charge in [0.2, 0.25) is 5.91 Å². The van der Waals surface area contributed by atoms with Crippen LogP contribution in [0.5, 0.6) is 5.75 Å². The van der Waals surface area contributed by atoms with Crippen LogP contribution in [0.25, 0.3) is 6.08 Å². The Balaban J connectivity index is 2.04. The highest BCUT2D eigenvalue weighted by Crippen LogP contribution is 2.25. The molecule has 0 aliphatic carbocycles. The summed E-state index contributed by atoms with van der Waals surface area (Å²) in [6.07, 6.45) is 4.75. The van der Waals surface area contributed by atoms with Crippen molar-refractivity contribution in [1.29, 1.82) is 0 Å². The summed E-state index contributed by atoms with van der Waals surface area (Å²) >= 11 is 0. The van der Waals surface area contributed by atoms with Crippen LogP contribution in [-0.4, -0.2) is 30.5 Å². The van der Waals surface area contributed by atoms with E-state index in [9.17, 15) is 4.79 Å². The first-order valence-electron chi connectivity index (χ1n) is 7.43. The Morgan fingerprint density at radius 3 is 2.60 bits per heavy atom. The Morgan fingerprint density at radius 2 is 1.95 bits per heavy atom. The third-order valence-electron chi connectivity index (χ3n) is 3.64. The zero-order valence-corrected chi connectivity index (χ0v) is 12.4. The van der Waals surface area contributed by atoms with Crippen molar-refractivity contribution in [2.24, 2.45) is 0 Å². The molecule has 0 N–H and O–H groups in total. The van der Waals surface area contributed by atoms with E-state index in [1.807, 2.05) is 36.9 Å². The maximum absolute atomic E-state index is 11.7. The number of hydrogen-bond acceptors (Lipinski definition) is 2. The number of likely N-dealkylation sites (tertiary alicyclic amines) is 1. The topological polar surface area (TPSA) is 29.5 Å². The number of carbonyl (C=O) groups excluding carboxylic acids is 1. The maximum Gasteiger partial charge on any atom is 0.222 e. The number of benzene rings is 1. The van der Waals surface area contributed by atoms with Gasteiger partial charge in [0.15, 0.2) is 0 Å². The molecular weight excluding hydrogens is 250 g/mol. The average Bonchev–Trinajstić information content (AvgIpc) is 2.49. The summed E-state index contributed by atoms with van der Waals surface area (Å²) in [6.45, 7) is 6.29. The van der Waals surface area contributed by atoms with Crippen molar-refractivity contribution in [2.45, 2.75) is 33.1 Å². The van der Waals surface area contributed by atoms with Crippen molar-refractivity contribution >= 4 is 12.0 Å². The summed E-state index contributed by atoms with van der Waals surface area (Å²) < 4.78 is 5.65. The molecular formula is C17H23NO2. The van der Waals surface area contributed by atoms with Crippen molar-refractivity contribution < 1.29 is 9.53 Å². The number of amides is 1. The van der Waals surface area contributed by atoms with Crippen LogP contribution in [0.4, 0.5) is 0 Å². The smallest absolute Gasteiger partial charge is 0.222 e. The first-order valence-corrected chi connectivity index (χ1v) is 7.43. The van der Waals surface area contributed by atoms with Gasteiger partial charge in [0.1, 0.15) is 5.75 Å². The predicted molar refractivity (Wildman–Crippen MR) is 81.7 cm³/mol. The van der Waals surface area contributed by atoms with E-state index in [1.165, 1.54) is 5.57 Å². The normalized spacial score (nSPS) is 15.1. The zero-order chi connectivity index (χ0) is 14.4. The van der Waals surface area contributed by atoms with Crippen LogP contribution in [0.1, 0.15) is 38.7 Å². The summed E-state index contributed by atoms with van der Waals surface area (Å²) in [5.74, 6) is 1.20. The molecule has 0 spiro atoms. The number of rotatable bonds is 4. The van der Waals surface area contributed by atoms with Gasteiger partial charge in [0.05, 0.1) is 6.61 Å². The van der Waals surface area contributed by atoms with E-state index in [0.717, 1.165) is 37.2 Å². The quantitative estimate of drug-likeness (QED) is 0.840. The minimum absolute atomic E-state index is 0.263. The number of hydrogen-bond donors (Lipinski definition) is 0. The van der Waals surface area contributed by atoms with Gasteiger partial charge in [0.25, 0.3) is 0 Å². The molecule has 1 fully saturated rings. The summed E-state index contributed by atoms with van der Waals surface area (Å²) in [5.41, 5.74) is 2.54. The highest BCUT2D eigenvalue weighted by Gasteiger charge is 2.17. The maximum atomic E-state index is 11.7. The summed E-state index contributed by atoms with van der Waals surface area (Å²) in [4.78, 5) is 13.6. The fourth-order valence-corrected chi connectivity index (χ4v) is 2.52. The van der Waals surface area contributed by atoms with Crippen LogP contribution < -0.4 is 4.74 Å². The summed E-state index contributed by atoms with van der Waals surface area (Å²) in [6, 6.07) is 8.12. The standard InChI is InChI=1S/C17H23NO2/c1-3-17(19)18-11-9-14(10-12-18)13-15-7-5-6-8-16(15)20-4-2/h5-8,13H,3-4,9-12H2,1-2H3. The first-order chi connectivity index (χ1) is 9.74. The molecule has 3 nitrogen and oxygen atoms in total. The molecule has 2 rings (SSSR count). The second-order valence-electron chi connectivity index (χ2n) is 5.01. The van der Waals surface area contributed by atoms with Crippen molar-refractivity contribution in [3.63, 3.8) is 0 Å². The molecule has 0 unspecified atom stereocenters. The van der Waals surface area contributed by atoms with E-state index < -0.39 is 0 Å². The molecule has 0 radical (unpaired) electrons. The zero-order valence-electron chi connectivity index (χ0n) is 12.4. The van der Waals surface area contributed by atoms with E-state index in [4.69, 9.17) is 4.74 Å². The van der Waals surface area contributed by atoms with Crippen molar-refractivity contribution in [3.8, 4) is 5.75 Å². The Labute approximate surface area is 121 Å². The molecule has 0 bridgehead atoms. The molecule has 0 saturated carbocycles. The van der Waals surface area contributed by atoms with Crippen LogP contribution in [0.3, 0.4) is 0 Å². The minimum atomic E-state index is 0.263. The first kappa shape index (κ1) is 14.6. The second-order valence-corrected chi connectivity index (χ2v) is 5.01. The summed E-state index contributed by atoms with van der Waals surface area (Å²) in [5, 5.41) is 0. The molecule has 108 valence electrons. The number of ether oxygens (including phenoxy) is 1. The molecule has 1 aromatic rings. The van der Waals surface area contributed by atoms with Gasteiger partial charge in [-0.1, -0.05) is 36.8 Å². The molecule has 1 aromatic carbocycles. The minimum Gasteiger partial charge on any atom is -0.493 e. The van der Waals surface area contributed by atoms with E-state index in [-0.39, 0.29) is 5.91 Å². The lowest BCUT2D eigenvalue weighted by Gasteiger charge is -2.28. The van der Waals surface area contributed by atoms with Crippen LogP contribution in [-0.2, 0) is 4.79 Å². The fraction of sp³-hybridized carbons (Fsp3) is 0.471. The molecule has 0 atom stereocenters. The number of piperidine rings is 1. The third-order valence-corrected chi connectivity index (χ3v) is 3.64.